The number of nitrogens with zero attached hydrogens (tertiary/aromatic N) is 1. The largest absolute Gasteiger partial charge is 1.00 e. The number of carboxylic acids is 1. The Balaban J connectivity index is 0.000001000. The molecule has 0 bridgehead atoms. The molecule has 4 nitrogen and oxygen atoms in total. The maximum Gasteiger partial charge on any atom is 1.00 e. The molecule has 0 radical (unpaired) electrons. The average molecular weight is 144 g/mol. The van der Waals surface area contributed by atoms with E-state index < -0.39 is 5.97 Å². The van der Waals surface area contributed by atoms with E-state index in [-0.39, 0.29) is 30.2 Å². The molecular formula is C6H5LiN2O2. The smallest absolute Gasteiger partial charge is 0.545 e. The van der Waals surface area contributed by atoms with Crippen molar-refractivity contribution in [1.29, 1.82) is 0 Å². The van der Waals surface area contributed by atoms with Crippen molar-refractivity contribution >= 4 is 11.8 Å². The van der Waals surface area contributed by atoms with E-state index >= 15 is 0 Å². The Morgan fingerprint density at radius 3 is 2.64 bits per heavy atom. The van der Waals surface area contributed by atoms with Gasteiger partial charge in [-0.25, -0.2) is 4.98 Å². The van der Waals surface area contributed by atoms with Crippen molar-refractivity contribution in [2.24, 2.45) is 0 Å². The number of carbonyl (C=O) groups excluding carboxylic acids is 1. The third kappa shape index (κ3) is 2.26. The quantitative estimate of drug-likeness (QED) is 0.408. The van der Waals surface area contributed by atoms with Crippen LogP contribution < -0.4 is 29.7 Å². The van der Waals surface area contributed by atoms with E-state index in [1.54, 1.807) is 0 Å². The number of nitrogen functional groups attached to an aromatic ring is 1. The third-order valence-corrected chi connectivity index (χ3v) is 1.06. The van der Waals surface area contributed by atoms with Gasteiger partial charge < -0.3 is 15.6 Å². The molecule has 0 unspecified atom stereocenters. The number of hydrogen-bond acceptors (Lipinski definition) is 4. The van der Waals surface area contributed by atoms with Gasteiger partial charge in [0.05, 0.1) is 5.97 Å². The minimum atomic E-state index is -1.30. The number of aromatic nitrogens is 1. The van der Waals surface area contributed by atoms with Crippen molar-refractivity contribution in [1.82, 2.24) is 4.98 Å². The fraction of sp³-hybridized carbons (Fsp3) is 0. The molecule has 1 aromatic rings. The summed E-state index contributed by atoms with van der Waals surface area (Å²) in [5.74, 6) is -1.31. The zero-order valence-corrected chi connectivity index (χ0v) is 6.07. The van der Waals surface area contributed by atoms with Crippen LogP contribution in [0, 0.1) is 0 Å². The zero-order valence-electron chi connectivity index (χ0n) is 6.07. The predicted octanol–water partition coefficient (Wildman–Crippen LogP) is -3.97. The first-order chi connectivity index (χ1) is 4.72. The van der Waals surface area contributed by atoms with Crippen LogP contribution in [0.4, 0.5) is 5.82 Å². The van der Waals surface area contributed by atoms with Crippen LogP contribution in [-0.4, -0.2) is 11.0 Å². The molecular weight excluding hydrogens is 139 g/mol. The van der Waals surface area contributed by atoms with Gasteiger partial charge in [0.25, 0.3) is 0 Å². The SMILES string of the molecule is Nc1ncccc1C(=O)[O-].[Li+]. The van der Waals surface area contributed by atoms with E-state index in [1.165, 1.54) is 18.3 Å². The summed E-state index contributed by atoms with van der Waals surface area (Å²) < 4.78 is 0. The molecule has 2 N–H and O–H groups in total. The number of carboxylic acid groups (broad SMARTS) is 1. The number of aromatic carboxylic acids is 1. The Bertz CT molecular complexity index is 265. The maximum atomic E-state index is 10.2. The molecule has 1 rings (SSSR count). The van der Waals surface area contributed by atoms with Gasteiger partial charge in [-0.2, -0.15) is 0 Å². The summed E-state index contributed by atoms with van der Waals surface area (Å²) in [6.45, 7) is 0. The molecule has 1 heterocycles. The molecule has 0 aromatic carbocycles. The first-order valence-electron chi connectivity index (χ1n) is 2.63. The molecule has 0 spiro atoms. The maximum absolute atomic E-state index is 10.2. The molecule has 0 aliphatic carbocycles. The van der Waals surface area contributed by atoms with Gasteiger partial charge in [0.2, 0.25) is 0 Å². The number of carbonyl (C=O) groups is 1. The Labute approximate surface area is 75.6 Å². The molecule has 0 saturated carbocycles. The van der Waals surface area contributed by atoms with Crippen LogP contribution in [0.5, 0.6) is 0 Å². The van der Waals surface area contributed by atoms with Gasteiger partial charge in [-0.1, -0.05) is 0 Å². The summed E-state index contributed by atoms with van der Waals surface area (Å²) in [7, 11) is 0. The second-order valence-corrected chi connectivity index (χ2v) is 1.72. The van der Waals surface area contributed by atoms with Gasteiger partial charge in [-0.05, 0) is 12.1 Å². The zero-order chi connectivity index (χ0) is 7.56. The molecule has 5 heteroatoms. The summed E-state index contributed by atoms with van der Waals surface area (Å²) in [6, 6.07) is 2.83. The Morgan fingerprint density at radius 2 is 2.27 bits per heavy atom. The molecule has 0 saturated heterocycles. The third-order valence-electron chi connectivity index (χ3n) is 1.06. The molecule has 0 amide bonds. The summed E-state index contributed by atoms with van der Waals surface area (Å²) in [5.41, 5.74) is 5.12. The Morgan fingerprint density at radius 1 is 1.64 bits per heavy atom. The van der Waals surface area contributed by atoms with Crippen molar-refractivity contribution in [2.75, 3.05) is 5.73 Å². The fourth-order valence-electron chi connectivity index (χ4n) is 0.590. The van der Waals surface area contributed by atoms with Crippen molar-refractivity contribution in [2.45, 2.75) is 0 Å². The first kappa shape index (κ1) is 10.0. The normalized spacial score (nSPS) is 8.36. The second kappa shape index (κ2) is 4.01. The van der Waals surface area contributed by atoms with E-state index in [2.05, 4.69) is 4.98 Å². The van der Waals surface area contributed by atoms with Crippen molar-refractivity contribution in [3.63, 3.8) is 0 Å². The molecule has 1 aromatic heterocycles. The van der Waals surface area contributed by atoms with Crippen LogP contribution in [0.2, 0.25) is 0 Å². The predicted molar refractivity (Wildman–Crippen MR) is 33.0 cm³/mol. The second-order valence-electron chi connectivity index (χ2n) is 1.72. The minimum absolute atomic E-state index is 0. The number of anilines is 1. The Hall–Kier alpha value is -0.983. The van der Waals surface area contributed by atoms with Crippen LogP contribution in [0.3, 0.4) is 0 Å². The van der Waals surface area contributed by atoms with Crippen LogP contribution in [0.15, 0.2) is 18.3 Å². The van der Waals surface area contributed by atoms with Crippen molar-refractivity contribution < 1.29 is 28.8 Å². The van der Waals surface area contributed by atoms with Gasteiger partial charge in [0.15, 0.2) is 0 Å². The van der Waals surface area contributed by atoms with Gasteiger partial charge in [0.1, 0.15) is 5.82 Å². The molecule has 52 valence electrons. The first-order valence-corrected chi connectivity index (χ1v) is 2.63. The average Bonchev–Trinajstić information content (AvgIpc) is 1.88. The standard InChI is InChI=1S/C6H6N2O2.Li/c7-5-4(6(9)10)2-1-3-8-5;/h1-3H,(H2,7,8)(H,9,10);/q;+1/p-1. The Kier molecular flexibility index (Phi) is 3.66. The van der Waals surface area contributed by atoms with Gasteiger partial charge in [-0.15, -0.1) is 0 Å². The van der Waals surface area contributed by atoms with Crippen molar-refractivity contribution in [3.8, 4) is 0 Å². The minimum Gasteiger partial charge on any atom is -0.545 e. The van der Waals surface area contributed by atoms with Crippen LogP contribution in [-0.2, 0) is 0 Å². The number of pyridine rings is 1. The van der Waals surface area contributed by atoms with E-state index in [9.17, 15) is 9.90 Å². The van der Waals surface area contributed by atoms with Crippen LogP contribution >= 0.6 is 0 Å². The van der Waals surface area contributed by atoms with Gasteiger partial charge in [0, 0.05) is 11.8 Å². The van der Waals surface area contributed by atoms with Crippen LogP contribution in [0.1, 0.15) is 10.4 Å². The summed E-state index contributed by atoms with van der Waals surface area (Å²) >= 11 is 0. The summed E-state index contributed by atoms with van der Waals surface area (Å²) in [6.07, 6.45) is 1.42. The van der Waals surface area contributed by atoms with Crippen LogP contribution in [0.25, 0.3) is 0 Å². The van der Waals surface area contributed by atoms with Gasteiger partial charge in [-0.3, -0.25) is 0 Å². The number of hydrogen-bond donors (Lipinski definition) is 1. The number of rotatable bonds is 1. The fourth-order valence-corrected chi connectivity index (χ4v) is 0.590. The van der Waals surface area contributed by atoms with E-state index in [1.807, 2.05) is 0 Å². The van der Waals surface area contributed by atoms with Gasteiger partial charge >= 0.3 is 18.9 Å². The van der Waals surface area contributed by atoms with E-state index in [0.29, 0.717) is 0 Å². The molecule has 0 aliphatic heterocycles. The van der Waals surface area contributed by atoms with Crippen molar-refractivity contribution in [3.05, 3.63) is 23.9 Å². The molecule has 0 fully saturated rings. The summed E-state index contributed by atoms with van der Waals surface area (Å²) in [5, 5.41) is 10.2. The molecule has 11 heavy (non-hydrogen) atoms. The van der Waals surface area contributed by atoms with E-state index in [0.717, 1.165) is 0 Å². The molecule has 0 aliphatic rings. The topological polar surface area (TPSA) is 79.0 Å². The molecule has 0 atom stereocenters. The van der Waals surface area contributed by atoms with E-state index in [4.69, 9.17) is 5.73 Å². The number of nitrogens with two attached hydrogens (primary N) is 1. The summed E-state index contributed by atoms with van der Waals surface area (Å²) in [4.78, 5) is 13.7. The monoisotopic (exact) mass is 144 g/mol.